The molecular formula is C16H15N3O2S2. The average molecular weight is 345 g/mol. The summed E-state index contributed by atoms with van der Waals surface area (Å²) >= 11 is 2.88. The van der Waals surface area contributed by atoms with E-state index < -0.39 is 5.25 Å². The first-order chi connectivity index (χ1) is 11.2. The van der Waals surface area contributed by atoms with Crippen LogP contribution in [-0.2, 0) is 9.59 Å². The molecule has 118 valence electrons. The lowest BCUT2D eigenvalue weighted by atomic mass is 10.2. The van der Waals surface area contributed by atoms with Gasteiger partial charge in [0.1, 0.15) is 0 Å². The molecule has 0 spiro atoms. The molecule has 1 fully saturated rings. The van der Waals surface area contributed by atoms with E-state index in [9.17, 15) is 9.59 Å². The molecule has 1 atom stereocenters. The lowest BCUT2D eigenvalue weighted by molar-refractivity contribution is -0.120. The Morgan fingerprint density at radius 2 is 2.17 bits per heavy atom. The molecule has 4 rings (SSSR count). The van der Waals surface area contributed by atoms with E-state index >= 15 is 0 Å². The van der Waals surface area contributed by atoms with Crippen molar-refractivity contribution in [2.24, 2.45) is 0 Å². The van der Waals surface area contributed by atoms with Gasteiger partial charge in [0.25, 0.3) is 0 Å². The van der Waals surface area contributed by atoms with Crippen LogP contribution in [0.25, 0.3) is 0 Å². The summed E-state index contributed by atoms with van der Waals surface area (Å²) < 4.78 is 0. The summed E-state index contributed by atoms with van der Waals surface area (Å²) in [4.78, 5) is 29.8. The van der Waals surface area contributed by atoms with Crippen molar-refractivity contribution in [2.45, 2.75) is 35.3 Å². The molecule has 2 amide bonds. The number of aromatic nitrogens is 1. The third kappa shape index (κ3) is 3.25. The molecule has 1 unspecified atom stereocenters. The van der Waals surface area contributed by atoms with Crippen LogP contribution in [0.1, 0.15) is 30.9 Å². The van der Waals surface area contributed by atoms with Crippen LogP contribution in [0, 0.1) is 0 Å². The molecule has 1 aromatic carbocycles. The zero-order chi connectivity index (χ0) is 15.8. The maximum Gasteiger partial charge on any atom is 0.238 e. The lowest BCUT2D eigenvalue weighted by Gasteiger charge is -2.23. The predicted octanol–water partition coefficient (Wildman–Crippen LogP) is 3.46. The number of nitrogens with one attached hydrogen (secondary N) is 2. The molecule has 2 aliphatic rings. The second kappa shape index (κ2) is 5.98. The first-order valence-corrected chi connectivity index (χ1v) is 9.27. The standard InChI is InChI=1S/C16H15N3O2S2/c20-14(19-16-18-11(8-22-16)9-5-6-9)7-13-15(21)17-10-3-1-2-4-12(10)23-13/h1-4,8-9,13H,5-7H2,(H,17,21)(H,18,19,20). The van der Waals surface area contributed by atoms with Gasteiger partial charge >= 0.3 is 0 Å². The van der Waals surface area contributed by atoms with Crippen LogP contribution in [0.15, 0.2) is 34.5 Å². The molecule has 2 heterocycles. The zero-order valence-electron chi connectivity index (χ0n) is 12.2. The second-order valence-electron chi connectivity index (χ2n) is 5.70. The van der Waals surface area contributed by atoms with Crippen LogP contribution >= 0.6 is 23.1 Å². The molecule has 0 saturated heterocycles. The van der Waals surface area contributed by atoms with E-state index in [1.807, 2.05) is 29.6 Å². The molecule has 1 aliphatic carbocycles. The third-order valence-corrected chi connectivity index (χ3v) is 5.89. The molecule has 5 nitrogen and oxygen atoms in total. The SMILES string of the molecule is O=C(CC1Sc2ccccc2NC1=O)Nc1nc(C2CC2)cs1. The number of hydrogen-bond donors (Lipinski definition) is 2. The highest BCUT2D eigenvalue weighted by molar-refractivity contribution is 8.01. The van der Waals surface area contributed by atoms with Crippen molar-refractivity contribution < 1.29 is 9.59 Å². The van der Waals surface area contributed by atoms with Crippen LogP contribution < -0.4 is 10.6 Å². The lowest BCUT2D eigenvalue weighted by Crippen LogP contribution is -2.32. The van der Waals surface area contributed by atoms with Crippen molar-refractivity contribution in [1.82, 2.24) is 4.98 Å². The van der Waals surface area contributed by atoms with E-state index in [2.05, 4.69) is 15.6 Å². The number of rotatable bonds is 4. The third-order valence-electron chi connectivity index (χ3n) is 3.84. The number of thioether (sulfide) groups is 1. The summed E-state index contributed by atoms with van der Waals surface area (Å²) in [5.74, 6) is 0.281. The number of para-hydroxylation sites is 1. The Labute approximate surface area is 141 Å². The minimum Gasteiger partial charge on any atom is -0.324 e. The molecule has 1 aromatic heterocycles. The fourth-order valence-electron chi connectivity index (χ4n) is 2.48. The Bertz CT molecular complexity index is 770. The van der Waals surface area contributed by atoms with E-state index in [0.29, 0.717) is 11.0 Å². The summed E-state index contributed by atoms with van der Waals surface area (Å²) in [5.41, 5.74) is 1.89. The highest BCUT2D eigenvalue weighted by Gasteiger charge is 2.29. The topological polar surface area (TPSA) is 71.1 Å². The van der Waals surface area contributed by atoms with E-state index in [0.717, 1.165) is 16.3 Å². The number of nitrogens with zero attached hydrogens (tertiary/aromatic N) is 1. The average Bonchev–Trinajstić information content (AvgIpc) is 3.28. The minimum atomic E-state index is -0.409. The number of anilines is 2. The Hall–Kier alpha value is -1.86. The number of fused-ring (bicyclic) bond motifs is 1. The van der Waals surface area contributed by atoms with Crippen molar-refractivity contribution >= 4 is 45.7 Å². The molecule has 7 heteroatoms. The normalized spacial score (nSPS) is 19.8. The summed E-state index contributed by atoms with van der Waals surface area (Å²) in [6.07, 6.45) is 2.52. The number of carbonyl (C=O) groups is 2. The Kier molecular flexibility index (Phi) is 3.82. The van der Waals surface area contributed by atoms with Crippen molar-refractivity contribution in [3.63, 3.8) is 0 Å². The number of benzene rings is 1. The maximum atomic E-state index is 12.2. The van der Waals surface area contributed by atoms with Crippen LogP contribution in [0.3, 0.4) is 0 Å². The van der Waals surface area contributed by atoms with E-state index in [1.54, 1.807) is 0 Å². The van der Waals surface area contributed by atoms with Crippen molar-refractivity contribution in [1.29, 1.82) is 0 Å². The summed E-state index contributed by atoms with van der Waals surface area (Å²) in [5, 5.41) is 7.89. The molecule has 2 N–H and O–H groups in total. The van der Waals surface area contributed by atoms with Gasteiger partial charge < -0.3 is 10.6 Å². The van der Waals surface area contributed by atoms with Gasteiger partial charge in [-0.15, -0.1) is 23.1 Å². The van der Waals surface area contributed by atoms with Crippen molar-refractivity contribution in [3.8, 4) is 0 Å². The van der Waals surface area contributed by atoms with Gasteiger partial charge in [0.2, 0.25) is 11.8 Å². The fourth-order valence-corrected chi connectivity index (χ4v) is 4.39. The minimum absolute atomic E-state index is 0.123. The fraction of sp³-hybridized carbons (Fsp3) is 0.312. The van der Waals surface area contributed by atoms with Crippen molar-refractivity contribution in [3.05, 3.63) is 35.3 Å². The zero-order valence-corrected chi connectivity index (χ0v) is 13.9. The van der Waals surface area contributed by atoms with Crippen LogP contribution in [0.2, 0.25) is 0 Å². The number of carbonyl (C=O) groups excluding carboxylic acids is 2. The van der Waals surface area contributed by atoms with E-state index in [1.165, 1.54) is 35.9 Å². The summed E-state index contributed by atoms with van der Waals surface area (Å²) in [6.45, 7) is 0. The van der Waals surface area contributed by atoms with Gasteiger partial charge in [0.05, 0.1) is 16.6 Å². The number of amides is 2. The highest BCUT2D eigenvalue weighted by Crippen LogP contribution is 2.41. The Balaban J connectivity index is 1.39. The maximum absolute atomic E-state index is 12.2. The van der Waals surface area contributed by atoms with E-state index in [-0.39, 0.29) is 18.2 Å². The predicted molar refractivity (Wildman–Crippen MR) is 92.1 cm³/mol. The molecule has 0 bridgehead atoms. The molecule has 1 aliphatic heterocycles. The summed E-state index contributed by atoms with van der Waals surface area (Å²) in [7, 11) is 0. The van der Waals surface area contributed by atoms with Gasteiger partial charge in [-0.3, -0.25) is 9.59 Å². The van der Waals surface area contributed by atoms with E-state index in [4.69, 9.17) is 0 Å². The van der Waals surface area contributed by atoms with Gasteiger partial charge in [-0.1, -0.05) is 12.1 Å². The van der Waals surface area contributed by atoms with Gasteiger partial charge in [0.15, 0.2) is 5.13 Å². The van der Waals surface area contributed by atoms with Gasteiger partial charge in [-0.05, 0) is 25.0 Å². The monoisotopic (exact) mass is 345 g/mol. The largest absolute Gasteiger partial charge is 0.324 e. The highest BCUT2D eigenvalue weighted by atomic mass is 32.2. The summed E-state index contributed by atoms with van der Waals surface area (Å²) in [6, 6.07) is 7.63. The van der Waals surface area contributed by atoms with Crippen molar-refractivity contribution in [2.75, 3.05) is 10.6 Å². The molecule has 23 heavy (non-hydrogen) atoms. The molecular weight excluding hydrogens is 330 g/mol. The molecule has 0 radical (unpaired) electrons. The van der Waals surface area contributed by atoms with Gasteiger partial charge in [-0.25, -0.2) is 4.98 Å². The van der Waals surface area contributed by atoms with Crippen LogP contribution in [0.4, 0.5) is 10.8 Å². The first-order valence-electron chi connectivity index (χ1n) is 7.51. The van der Waals surface area contributed by atoms with Gasteiger partial charge in [-0.2, -0.15) is 0 Å². The first kappa shape index (κ1) is 14.7. The van der Waals surface area contributed by atoms with Crippen LogP contribution in [-0.4, -0.2) is 22.0 Å². The number of hydrogen-bond acceptors (Lipinski definition) is 5. The molecule has 1 saturated carbocycles. The van der Waals surface area contributed by atoms with Crippen LogP contribution in [0.5, 0.6) is 0 Å². The number of thiazole rings is 1. The Morgan fingerprint density at radius 1 is 1.35 bits per heavy atom. The second-order valence-corrected chi connectivity index (χ2v) is 7.80. The smallest absolute Gasteiger partial charge is 0.238 e. The molecule has 2 aromatic rings. The Morgan fingerprint density at radius 3 is 3.00 bits per heavy atom. The quantitative estimate of drug-likeness (QED) is 0.890. The van der Waals surface area contributed by atoms with Gasteiger partial charge in [0, 0.05) is 22.6 Å².